The summed E-state index contributed by atoms with van der Waals surface area (Å²) in [5.41, 5.74) is 1.39. The average Bonchev–Trinajstić information content (AvgIpc) is 2.85. The van der Waals surface area contributed by atoms with E-state index in [1.54, 1.807) is 0 Å². The van der Waals surface area contributed by atoms with E-state index in [-0.39, 0.29) is 0 Å². The molecule has 2 rings (SSSR count). The van der Waals surface area contributed by atoms with Crippen LogP contribution in [0.25, 0.3) is 0 Å². The van der Waals surface area contributed by atoms with Gasteiger partial charge in [0.25, 0.3) is 0 Å². The van der Waals surface area contributed by atoms with Gasteiger partial charge in [0, 0.05) is 13.1 Å². The molecule has 1 aliphatic rings. The topological polar surface area (TPSA) is 24.5 Å². The van der Waals surface area contributed by atoms with E-state index in [0.717, 1.165) is 26.2 Å². The van der Waals surface area contributed by atoms with Gasteiger partial charge >= 0.3 is 0 Å². The van der Waals surface area contributed by atoms with E-state index >= 15 is 0 Å². The number of hydrogen-bond acceptors (Lipinski definition) is 3. The Kier molecular flexibility index (Phi) is 6.51. The third-order valence-electron chi connectivity index (χ3n) is 3.88. The molecule has 1 aromatic rings. The highest BCUT2D eigenvalue weighted by atomic mass is 16.5. The Morgan fingerprint density at radius 1 is 1.25 bits per heavy atom. The number of rotatable bonds is 8. The quantitative estimate of drug-likeness (QED) is 0.739. The van der Waals surface area contributed by atoms with Crippen molar-refractivity contribution >= 4 is 0 Å². The Labute approximate surface area is 123 Å². The molecule has 1 fully saturated rings. The molecule has 0 bridgehead atoms. The molecule has 0 aliphatic carbocycles. The van der Waals surface area contributed by atoms with Crippen molar-refractivity contribution in [1.29, 1.82) is 0 Å². The Bertz CT molecular complexity index is 369. The molecule has 1 saturated heterocycles. The van der Waals surface area contributed by atoms with Crippen molar-refractivity contribution in [2.75, 3.05) is 26.7 Å². The molecule has 0 spiro atoms. The fourth-order valence-electron chi connectivity index (χ4n) is 2.75. The lowest BCUT2D eigenvalue weighted by Crippen LogP contribution is -2.29. The maximum absolute atomic E-state index is 5.80. The molecule has 2 unspecified atom stereocenters. The summed E-state index contributed by atoms with van der Waals surface area (Å²) in [7, 11) is 2.19. The van der Waals surface area contributed by atoms with E-state index in [1.165, 1.54) is 24.8 Å². The Morgan fingerprint density at radius 2 is 2.05 bits per heavy atom. The molecule has 0 amide bonds. The van der Waals surface area contributed by atoms with Crippen LogP contribution in [-0.2, 0) is 11.3 Å². The van der Waals surface area contributed by atoms with Crippen molar-refractivity contribution in [1.82, 2.24) is 10.2 Å². The second-order valence-corrected chi connectivity index (χ2v) is 5.93. The van der Waals surface area contributed by atoms with E-state index in [4.69, 9.17) is 4.74 Å². The number of ether oxygens (including phenoxy) is 1. The monoisotopic (exact) mass is 276 g/mol. The van der Waals surface area contributed by atoms with Crippen LogP contribution in [0, 0.1) is 0 Å². The first-order valence-corrected chi connectivity index (χ1v) is 7.82. The van der Waals surface area contributed by atoms with Gasteiger partial charge in [-0.2, -0.15) is 0 Å². The van der Waals surface area contributed by atoms with Gasteiger partial charge in [-0.15, -0.1) is 0 Å². The van der Waals surface area contributed by atoms with Crippen LogP contribution >= 0.6 is 0 Å². The Hall–Kier alpha value is -0.900. The van der Waals surface area contributed by atoms with Gasteiger partial charge in [-0.25, -0.2) is 0 Å². The zero-order chi connectivity index (χ0) is 14.2. The van der Waals surface area contributed by atoms with E-state index in [1.807, 2.05) is 0 Å². The van der Waals surface area contributed by atoms with Crippen LogP contribution in [0.4, 0.5) is 0 Å². The number of nitrogens with zero attached hydrogens (tertiary/aromatic N) is 1. The zero-order valence-electron chi connectivity index (χ0n) is 12.8. The zero-order valence-corrected chi connectivity index (χ0v) is 12.8. The standard InChI is InChI=1S/C17H28N2O/c1-15-9-10-17(20-15)13-18-11-6-12-19(2)14-16-7-4-3-5-8-16/h3-5,7-8,15,17-18H,6,9-14H2,1-2H3. The van der Waals surface area contributed by atoms with Gasteiger partial charge in [0.05, 0.1) is 12.2 Å². The smallest absolute Gasteiger partial charge is 0.0704 e. The van der Waals surface area contributed by atoms with Crippen molar-refractivity contribution in [3.63, 3.8) is 0 Å². The van der Waals surface area contributed by atoms with Crippen LogP contribution in [0.2, 0.25) is 0 Å². The molecule has 0 aromatic heterocycles. The lowest BCUT2D eigenvalue weighted by molar-refractivity contribution is 0.0560. The Balaban J connectivity index is 1.50. The minimum absolute atomic E-state index is 0.437. The summed E-state index contributed by atoms with van der Waals surface area (Å²) in [6.07, 6.45) is 4.51. The molecule has 1 heterocycles. The summed E-state index contributed by atoms with van der Waals surface area (Å²) in [5.74, 6) is 0. The largest absolute Gasteiger partial charge is 0.374 e. The van der Waals surface area contributed by atoms with E-state index in [9.17, 15) is 0 Å². The highest BCUT2D eigenvalue weighted by Gasteiger charge is 2.20. The van der Waals surface area contributed by atoms with Gasteiger partial charge in [0.2, 0.25) is 0 Å². The van der Waals surface area contributed by atoms with Crippen LogP contribution in [0.1, 0.15) is 31.7 Å². The third kappa shape index (κ3) is 5.61. The van der Waals surface area contributed by atoms with Crippen LogP contribution in [-0.4, -0.2) is 43.8 Å². The second kappa shape index (κ2) is 8.40. The average molecular weight is 276 g/mol. The van der Waals surface area contributed by atoms with Gasteiger partial charge in [0.15, 0.2) is 0 Å². The number of hydrogen-bond donors (Lipinski definition) is 1. The Morgan fingerprint density at radius 3 is 2.75 bits per heavy atom. The summed E-state index contributed by atoms with van der Waals surface area (Å²) in [4.78, 5) is 2.38. The molecule has 0 saturated carbocycles. The first-order valence-electron chi connectivity index (χ1n) is 7.82. The molecular formula is C17H28N2O. The molecule has 1 N–H and O–H groups in total. The number of benzene rings is 1. The summed E-state index contributed by atoms with van der Waals surface area (Å²) < 4.78 is 5.80. The van der Waals surface area contributed by atoms with Crippen molar-refractivity contribution in [2.24, 2.45) is 0 Å². The summed E-state index contributed by atoms with van der Waals surface area (Å²) >= 11 is 0. The van der Waals surface area contributed by atoms with Crippen LogP contribution in [0.15, 0.2) is 30.3 Å². The molecule has 3 heteroatoms. The van der Waals surface area contributed by atoms with Crippen LogP contribution in [0.5, 0.6) is 0 Å². The maximum Gasteiger partial charge on any atom is 0.0704 e. The summed E-state index contributed by atoms with van der Waals surface area (Å²) in [6.45, 7) is 6.41. The molecule has 1 aliphatic heterocycles. The predicted molar refractivity (Wildman–Crippen MR) is 83.8 cm³/mol. The first kappa shape index (κ1) is 15.5. The van der Waals surface area contributed by atoms with Crippen LogP contribution in [0.3, 0.4) is 0 Å². The van der Waals surface area contributed by atoms with E-state index in [2.05, 4.69) is 54.5 Å². The lowest BCUT2D eigenvalue weighted by atomic mass is 10.2. The predicted octanol–water partition coefficient (Wildman–Crippen LogP) is 2.67. The molecular weight excluding hydrogens is 248 g/mol. The van der Waals surface area contributed by atoms with Gasteiger partial charge in [-0.1, -0.05) is 30.3 Å². The third-order valence-corrected chi connectivity index (χ3v) is 3.88. The van der Waals surface area contributed by atoms with Gasteiger partial charge in [-0.05, 0) is 51.9 Å². The van der Waals surface area contributed by atoms with Crippen molar-refractivity contribution in [3.05, 3.63) is 35.9 Å². The maximum atomic E-state index is 5.80. The van der Waals surface area contributed by atoms with Crippen molar-refractivity contribution in [2.45, 2.75) is 44.9 Å². The summed E-state index contributed by atoms with van der Waals surface area (Å²) in [5, 5.41) is 3.52. The van der Waals surface area contributed by atoms with Gasteiger partial charge < -0.3 is 15.0 Å². The molecule has 3 nitrogen and oxygen atoms in total. The summed E-state index contributed by atoms with van der Waals surface area (Å²) in [6, 6.07) is 10.7. The highest BCUT2D eigenvalue weighted by molar-refractivity contribution is 5.14. The van der Waals surface area contributed by atoms with Crippen LogP contribution < -0.4 is 5.32 Å². The first-order chi connectivity index (χ1) is 9.74. The second-order valence-electron chi connectivity index (χ2n) is 5.93. The molecule has 20 heavy (non-hydrogen) atoms. The van der Waals surface area contributed by atoms with Gasteiger partial charge in [0.1, 0.15) is 0 Å². The van der Waals surface area contributed by atoms with E-state index in [0.29, 0.717) is 12.2 Å². The molecule has 112 valence electrons. The number of nitrogens with one attached hydrogen (secondary N) is 1. The van der Waals surface area contributed by atoms with E-state index < -0.39 is 0 Å². The van der Waals surface area contributed by atoms with Gasteiger partial charge in [-0.3, -0.25) is 0 Å². The SMILES string of the molecule is CC1CCC(CNCCCN(C)Cc2ccccc2)O1. The molecule has 0 radical (unpaired) electrons. The lowest BCUT2D eigenvalue weighted by Gasteiger charge is -2.17. The fraction of sp³-hybridized carbons (Fsp3) is 0.647. The fourth-order valence-corrected chi connectivity index (χ4v) is 2.75. The molecule has 2 atom stereocenters. The van der Waals surface area contributed by atoms with Crippen molar-refractivity contribution < 1.29 is 4.74 Å². The normalized spacial score (nSPS) is 22.6. The highest BCUT2D eigenvalue weighted by Crippen LogP contribution is 2.17. The molecule has 1 aromatic carbocycles. The minimum atomic E-state index is 0.437. The minimum Gasteiger partial charge on any atom is -0.374 e. The van der Waals surface area contributed by atoms with Crippen molar-refractivity contribution in [3.8, 4) is 0 Å².